The van der Waals surface area contributed by atoms with Gasteiger partial charge in [0.05, 0.1) is 5.56 Å². The summed E-state index contributed by atoms with van der Waals surface area (Å²) < 4.78 is 0. The Bertz CT molecular complexity index is 408. The molecule has 0 unspecified atom stereocenters. The highest BCUT2D eigenvalue weighted by Crippen LogP contribution is 2.25. The number of piperidine rings is 1. The Labute approximate surface area is 107 Å². The summed E-state index contributed by atoms with van der Waals surface area (Å²) in [5, 5.41) is 0. The molecule has 1 aromatic rings. The van der Waals surface area contributed by atoms with Gasteiger partial charge in [-0.1, -0.05) is 13.8 Å². The van der Waals surface area contributed by atoms with E-state index in [0.717, 1.165) is 24.9 Å². The maximum Gasteiger partial charge on any atom is 0.251 e. The lowest BCUT2D eigenvalue weighted by atomic mass is 9.87. The first-order valence-electron chi connectivity index (χ1n) is 6.44. The van der Waals surface area contributed by atoms with Crippen molar-refractivity contribution in [2.24, 2.45) is 17.6 Å². The van der Waals surface area contributed by atoms with Crippen molar-refractivity contribution in [1.82, 2.24) is 9.97 Å². The highest BCUT2D eigenvalue weighted by molar-refractivity contribution is 5.92. The Kier molecular flexibility index (Phi) is 3.79. The molecule has 1 aliphatic rings. The molecule has 0 atom stereocenters. The quantitative estimate of drug-likeness (QED) is 0.878. The number of primary amides is 1. The maximum atomic E-state index is 10.9. The van der Waals surface area contributed by atoms with Crippen molar-refractivity contribution in [3.8, 4) is 0 Å². The summed E-state index contributed by atoms with van der Waals surface area (Å²) in [6, 6.07) is 0. The Morgan fingerprint density at radius 1 is 1.33 bits per heavy atom. The van der Waals surface area contributed by atoms with Crippen LogP contribution < -0.4 is 10.6 Å². The average molecular weight is 248 g/mol. The minimum Gasteiger partial charge on any atom is -0.366 e. The van der Waals surface area contributed by atoms with Crippen LogP contribution in [0, 0.1) is 11.8 Å². The molecule has 2 N–H and O–H groups in total. The first kappa shape index (κ1) is 12.8. The van der Waals surface area contributed by atoms with Gasteiger partial charge in [0.25, 0.3) is 5.91 Å². The molecule has 2 heterocycles. The standard InChI is InChI=1S/C13H20N4O/c1-9(2)10-3-5-17(6-4-10)13-15-7-11(8-16-13)12(14)18/h7-10H,3-6H2,1-2H3,(H2,14,18). The van der Waals surface area contributed by atoms with Crippen molar-refractivity contribution in [1.29, 1.82) is 0 Å². The van der Waals surface area contributed by atoms with E-state index in [1.807, 2.05) is 0 Å². The van der Waals surface area contributed by atoms with E-state index in [4.69, 9.17) is 5.73 Å². The number of aromatic nitrogens is 2. The Morgan fingerprint density at radius 3 is 2.33 bits per heavy atom. The predicted octanol–water partition coefficient (Wildman–Crippen LogP) is 1.45. The molecule has 98 valence electrons. The second kappa shape index (κ2) is 5.33. The summed E-state index contributed by atoms with van der Waals surface area (Å²) in [5.41, 5.74) is 5.52. The van der Waals surface area contributed by atoms with E-state index in [2.05, 4.69) is 28.7 Å². The molecule has 5 nitrogen and oxygen atoms in total. The van der Waals surface area contributed by atoms with Gasteiger partial charge in [0.1, 0.15) is 0 Å². The Morgan fingerprint density at radius 2 is 1.89 bits per heavy atom. The van der Waals surface area contributed by atoms with Crippen molar-refractivity contribution in [2.75, 3.05) is 18.0 Å². The summed E-state index contributed by atoms with van der Waals surface area (Å²) in [4.78, 5) is 21.5. The van der Waals surface area contributed by atoms with Gasteiger partial charge in [-0.15, -0.1) is 0 Å². The van der Waals surface area contributed by atoms with E-state index in [1.54, 1.807) is 0 Å². The number of carbonyl (C=O) groups is 1. The van der Waals surface area contributed by atoms with Gasteiger partial charge in [0, 0.05) is 25.5 Å². The van der Waals surface area contributed by atoms with Gasteiger partial charge in [-0.05, 0) is 24.7 Å². The molecule has 0 spiro atoms. The van der Waals surface area contributed by atoms with Crippen LogP contribution in [-0.4, -0.2) is 29.0 Å². The Hall–Kier alpha value is -1.65. The van der Waals surface area contributed by atoms with E-state index < -0.39 is 5.91 Å². The lowest BCUT2D eigenvalue weighted by molar-refractivity contribution is 0.0999. The predicted molar refractivity (Wildman–Crippen MR) is 70.3 cm³/mol. The van der Waals surface area contributed by atoms with Gasteiger partial charge in [-0.2, -0.15) is 0 Å². The molecule has 0 radical (unpaired) electrons. The fourth-order valence-electron chi connectivity index (χ4n) is 2.38. The zero-order chi connectivity index (χ0) is 13.1. The number of hydrogen-bond donors (Lipinski definition) is 1. The third-order valence-electron chi connectivity index (χ3n) is 3.69. The molecule has 2 rings (SSSR count). The summed E-state index contributed by atoms with van der Waals surface area (Å²) in [6.07, 6.45) is 5.36. The lowest BCUT2D eigenvalue weighted by Gasteiger charge is -2.33. The highest BCUT2D eigenvalue weighted by atomic mass is 16.1. The van der Waals surface area contributed by atoms with Crippen LogP contribution in [-0.2, 0) is 0 Å². The van der Waals surface area contributed by atoms with Gasteiger partial charge in [0.2, 0.25) is 5.95 Å². The average Bonchev–Trinajstić information content (AvgIpc) is 2.39. The SMILES string of the molecule is CC(C)C1CCN(c2ncc(C(N)=O)cn2)CC1. The third-order valence-corrected chi connectivity index (χ3v) is 3.69. The fraction of sp³-hybridized carbons (Fsp3) is 0.615. The molecule has 5 heteroatoms. The molecule has 1 aliphatic heterocycles. The second-order valence-electron chi connectivity index (χ2n) is 5.20. The molecule has 18 heavy (non-hydrogen) atoms. The van der Waals surface area contributed by atoms with Crippen molar-refractivity contribution < 1.29 is 4.79 Å². The monoisotopic (exact) mass is 248 g/mol. The number of nitrogens with two attached hydrogens (primary N) is 1. The smallest absolute Gasteiger partial charge is 0.251 e. The molecular formula is C13H20N4O. The molecular weight excluding hydrogens is 228 g/mol. The summed E-state index contributed by atoms with van der Waals surface area (Å²) >= 11 is 0. The minimum absolute atomic E-state index is 0.357. The van der Waals surface area contributed by atoms with Crippen molar-refractivity contribution in [3.63, 3.8) is 0 Å². The van der Waals surface area contributed by atoms with E-state index in [9.17, 15) is 4.79 Å². The number of hydrogen-bond acceptors (Lipinski definition) is 4. The van der Waals surface area contributed by atoms with E-state index >= 15 is 0 Å². The van der Waals surface area contributed by atoms with E-state index in [1.165, 1.54) is 25.2 Å². The van der Waals surface area contributed by atoms with Crippen LogP contribution >= 0.6 is 0 Å². The first-order valence-corrected chi connectivity index (χ1v) is 6.44. The lowest BCUT2D eigenvalue weighted by Crippen LogP contribution is -2.36. The van der Waals surface area contributed by atoms with Crippen LogP contribution in [0.5, 0.6) is 0 Å². The van der Waals surface area contributed by atoms with Crippen LogP contribution in [0.15, 0.2) is 12.4 Å². The largest absolute Gasteiger partial charge is 0.366 e. The Balaban J connectivity index is 1.99. The summed E-state index contributed by atoms with van der Waals surface area (Å²) in [5.74, 6) is 1.75. The fourth-order valence-corrected chi connectivity index (χ4v) is 2.38. The number of anilines is 1. The molecule has 0 aromatic carbocycles. The molecule has 1 fully saturated rings. The van der Waals surface area contributed by atoms with Crippen molar-refractivity contribution in [3.05, 3.63) is 18.0 Å². The molecule has 0 bridgehead atoms. The van der Waals surface area contributed by atoms with Crippen LogP contribution in [0.25, 0.3) is 0 Å². The number of rotatable bonds is 3. The summed E-state index contributed by atoms with van der Waals surface area (Å²) in [6.45, 7) is 6.52. The highest BCUT2D eigenvalue weighted by Gasteiger charge is 2.22. The third kappa shape index (κ3) is 2.78. The number of carbonyl (C=O) groups excluding carboxylic acids is 1. The van der Waals surface area contributed by atoms with Gasteiger partial charge in [-0.3, -0.25) is 4.79 Å². The topological polar surface area (TPSA) is 72.1 Å². The van der Waals surface area contributed by atoms with Crippen molar-refractivity contribution >= 4 is 11.9 Å². The summed E-state index contributed by atoms with van der Waals surface area (Å²) in [7, 11) is 0. The minimum atomic E-state index is -0.486. The normalized spacial score (nSPS) is 17.2. The molecule has 1 aromatic heterocycles. The number of nitrogens with zero attached hydrogens (tertiary/aromatic N) is 3. The van der Waals surface area contributed by atoms with Crippen molar-refractivity contribution in [2.45, 2.75) is 26.7 Å². The molecule has 1 saturated heterocycles. The van der Waals surface area contributed by atoms with Gasteiger partial charge in [0.15, 0.2) is 0 Å². The van der Waals surface area contributed by atoms with Gasteiger partial charge >= 0.3 is 0 Å². The van der Waals surface area contributed by atoms with Gasteiger partial charge < -0.3 is 10.6 Å². The maximum absolute atomic E-state index is 10.9. The number of amides is 1. The van der Waals surface area contributed by atoms with E-state index in [-0.39, 0.29) is 0 Å². The van der Waals surface area contributed by atoms with Crippen LogP contribution in [0.2, 0.25) is 0 Å². The van der Waals surface area contributed by atoms with Crippen LogP contribution in [0.1, 0.15) is 37.0 Å². The van der Waals surface area contributed by atoms with Crippen LogP contribution in [0.3, 0.4) is 0 Å². The zero-order valence-corrected chi connectivity index (χ0v) is 11.0. The van der Waals surface area contributed by atoms with E-state index in [0.29, 0.717) is 11.5 Å². The van der Waals surface area contributed by atoms with Gasteiger partial charge in [-0.25, -0.2) is 9.97 Å². The zero-order valence-electron chi connectivity index (χ0n) is 11.0. The molecule has 0 aliphatic carbocycles. The molecule has 0 saturated carbocycles. The van der Waals surface area contributed by atoms with Crippen LogP contribution in [0.4, 0.5) is 5.95 Å². The molecule has 1 amide bonds. The first-order chi connectivity index (χ1) is 8.58. The second-order valence-corrected chi connectivity index (χ2v) is 5.20.